The fourth-order valence-electron chi connectivity index (χ4n) is 2.70. The van der Waals surface area contributed by atoms with Crippen LogP contribution in [0.25, 0.3) is 0 Å². The molecule has 0 bridgehead atoms. The van der Waals surface area contributed by atoms with Crippen LogP contribution < -0.4 is 5.32 Å². The quantitative estimate of drug-likeness (QED) is 0.755. The van der Waals surface area contributed by atoms with E-state index >= 15 is 0 Å². The second-order valence-corrected chi connectivity index (χ2v) is 4.87. The van der Waals surface area contributed by atoms with Crippen LogP contribution in [0.5, 0.6) is 0 Å². The van der Waals surface area contributed by atoms with Gasteiger partial charge in [-0.3, -0.25) is 4.90 Å². The Morgan fingerprint density at radius 2 is 2.41 bits per heavy atom. The van der Waals surface area contributed by atoms with Crippen molar-refractivity contribution in [3.05, 3.63) is 12.2 Å². The molecular formula is C11H19N5O. The van der Waals surface area contributed by atoms with E-state index in [-0.39, 0.29) is 0 Å². The highest BCUT2D eigenvalue weighted by Gasteiger charge is 2.29. The van der Waals surface area contributed by atoms with E-state index in [0.29, 0.717) is 12.0 Å². The number of nitrogens with zero attached hydrogens (tertiary/aromatic N) is 4. The molecule has 3 rings (SSSR count). The van der Waals surface area contributed by atoms with Gasteiger partial charge in [0.2, 0.25) is 0 Å². The molecule has 1 fully saturated rings. The smallest absolute Gasteiger partial charge is 0.147 e. The molecule has 1 aromatic rings. The maximum absolute atomic E-state index is 5.53. The summed E-state index contributed by atoms with van der Waals surface area (Å²) >= 11 is 0. The minimum absolute atomic E-state index is 0.495. The number of rotatable bonds is 3. The average Bonchev–Trinajstić information content (AvgIpc) is 2.96. The van der Waals surface area contributed by atoms with E-state index in [1.165, 1.54) is 0 Å². The van der Waals surface area contributed by atoms with E-state index in [4.69, 9.17) is 4.74 Å². The third kappa shape index (κ3) is 2.20. The molecule has 2 aliphatic rings. The molecule has 2 atom stereocenters. The van der Waals surface area contributed by atoms with Crippen LogP contribution >= 0.6 is 0 Å². The van der Waals surface area contributed by atoms with Crippen molar-refractivity contribution in [2.45, 2.75) is 19.1 Å². The summed E-state index contributed by atoms with van der Waals surface area (Å²) in [6.45, 7) is 5.78. The van der Waals surface area contributed by atoms with Gasteiger partial charge in [-0.05, 0) is 7.05 Å². The number of likely N-dealkylation sites (N-methyl/N-ethyl adjacent to an activating group) is 1. The van der Waals surface area contributed by atoms with Crippen LogP contribution in [0, 0.1) is 5.92 Å². The normalized spacial score (nSPS) is 29.5. The molecule has 0 spiro atoms. The Morgan fingerprint density at radius 1 is 1.47 bits per heavy atom. The molecule has 1 N–H and O–H groups in total. The number of hydrogen-bond donors (Lipinski definition) is 1. The fourth-order valence-corrected chi connectivity index (χ4v) is 2.70. The van der Waals surface area contributed by atoms with Crippen molar-refractivity contribution < 1.29 is 4.74 Å². The first-order chi connectivity index (χ1) is 8.36. The van der Waals surface area contributed by atoms with E-state index < -0.39 is 0 Å². The highest BCUT2D eigenvalue weighted by atomic mass is 16.5. The van der Waals surface area contributed by atoms with Crippen LogP contribution in [0.1, 0.15) is 5.82 Å². The Labute approximate surface area is 101 Å². The molecule has 2 unspecified atom stereocenters. The fraction of sp³-hybridized carbons (Fsp3) is 0.818. The largest absolute Gasteiger partial charge is 0.379 e. The summed E-state index contributed by atoms with van der Waals surface area (Å²) in [6, 6.07) is 0.495. The van der Waals surface area contributed by atoms with Crippen LogP contribution in [0.4, 0.5) is 0 Å². The zero-order chi connectivity index (χ0) is 11.7. The van der Waals surface area contributed by atoms with E-state index in [1.54, 1.807) is 0 Å². The zero-order valence-electron chi connectivity index (χ0n) is 10.2. The van der Waals surface area contributed by atoms with Gasteiger partial charge in [0.25, 0.3) is 0 Å². The molecule has 6 nitrogen and oxygen atoms in total. The van der Waals surface area contributed by atoms with E-state index in [9.17, 15) is 0 Å². The molecule has 0 amide bonds. The van der Waals surface area contributed by atoms with E-state index in [0.717, 1.165) is 45.2 Å². The standard InChI is InChI=1S/C11H19N5O/c1-12-10-7-17-6-9(10)4-15-2-3-16-8-13-14-11(16)5-15/h8-10,12H,2-7H2,1H3. The van der Waals surface area contributed by atoms with Gasteiger partial charge in [0.05, 0.1) is 19.8 Å². The van der Waals surface area contributed by atoms with Gasteiger partial charge in [-0.1, -0.05) is 0 Å². The molecule has 0 saturated carbocycles. The topological polar surface area (TPSA) is 55.2 Å². The summed E-state index contributed by atoms with van der Waals surface area (Å²) in [4.78, 5) is 2.45. The first-order valence-corrected chi connectivity index (χ1v) is 6.21. The van der Waals surface area contributed by atoms with Gasteiger partial charge in [0.1, 0.15) is 12.2 Å². The van der Waals surface area contributed by atoms with Crippen LogP contribution in [0.15, 0.2) is 6.33 Å². The summed E-state index contributed by atoms with van der Waals surface area (Å²) in [5.41, 5.74) is 0. The third-order valence-electron chi connectivity index (χ3n) is 3.78. The van der Waals surface area contributed by atoms with Crippen molar-refractivity contribution in [2.24, 2.45) is 5.92 Å². The first-order valence-electron chi connectivity index (χ1n) is 6.21. The monoisotopic (exact) mass is 237 g/mol. The van der Waals surface area contributed by atoms with Gasteiger partial charge in [-0.2, -0.15) is 0 Å². The second-order valence-electron chi connectivity index (χ2n) is 4.87. The first kappa shape index (κ1) is 11.1. The van der Waals surface area contributed by atoms with E-state index in [1.807, 2.05) is 13.4 Å². The summed E-state index contributed by atoms with van der Waals surface area (Å²) in [7, 11) is 2.01. The zero-order valence-corrected chi connectivity index (χ0v) is 10.2. The Morgan fingerprint density at radius 3 is 3.29 bits per heavy atom. The molecule has 0 radical (unpaired) electrons. The van der Waals surface area contributed by atoms with Gasteiger partial charge in [0, 0.05) is 31.6 Å². The lowest BCUT2D eigenvalue weighted by Crippen LogP contribution is -2.43. The van der Waals surface area contributed by atoms with Crippen LogP contribution in [0.3, 0.4) is 0 Å². The molecule has 0 aromatic carbocycles. The van der Waals surface area contributed by atoms with Gasteiger partial charge in [-0.25, -0.2) is 0 Å². The maximum atomic E-state index is 5.53. The van der Waals surface area contributed by atoms with Gasteiger partial charge < -0.3 is 14.6 Å². The van der Waals surface area contributed by atoms with E-state index in [2.05, 4.69) is 25.0 Å². The molecule has 6 heteroatoms. The lowest BCUT2D eigenvalue weighted by Gasteiger charge is -2.30. The predicted octanol–water partition coefficient (Wildman–Crippen LogP) is -0.672. The number of aromatic nitrogens is 3. The summed E-state index contributed by atoms with van der Waals surface area (Å²) in [6.07, 6.45) is 1.82. The Bertz CT molecular complexity index is 380. The van der Waals surface area contributed by atoms with Crippen molar-refractivity contribution in [3.63, 3.8) is 0 Å². The lowest BCUT2D eigenvalue weighted by molar-refractivity contribution is 0.152. The molecule has 0 aliphatic carbocycles. The minimum atomic E-state index is 0.495. The molecular weight excluding hydrogens is 218 g/mol. The van der Waals surface area contributed by atoms with Crippen LogP contribution in [-0.4, -0.2) is 59.1 Å². The highest BCUT2D eigenvalue weighted by Crippen LogP contribution is 2.17. The molecule has 3 heterocycles. The maximum Gasteiger partial charge on any atom is 0.147 e. The number of hydrogen-bond acceptors (Lipinski definition) is 5. The number of ether oxygens (including phenoxy) is 1. The Kier molecular flexibility index (Phi) is 3.09. The SMILES string of the molecule is CNC1COCC1CN1CCn2cnnc2C1. The van der Waals surface area contributed by atoms with Gasteiger partial charge in [0.15, 0.2) is 0 Å². The Balaban J connectivity index is 1.60. The van der Waals surface area contributed by atoms with Crippen LogP contribution in [-0.2, 0) is 17.8 Å². The highest BCUT2D eigenvalue weighted by molar-refractivity contribution is 4.91. The van der Waals surface area contributed by atoms with Crippen molar-refractivity contribution >= 4 is 0 Å². The summed E-state index contributed by atoms with van der Waals surface area (Å²) < 4.78 is 7.67. The Hall–Kier alpha value is -0.980. The second kappa shape index (κ2) is 4.72. The van der Waals surface area contributed by atoms with Gasteiger partial charge >= 0.3 is 0 Å². The van der Waals surface area contributed by atoms with Crippen LogP contribution in [0.2, 0.25) is 0 Å². The van der Waals surface area contributed by atoms with Crippen molar-refractivity contribution in [2.75, 3.05) is 33.4 Å². The third-order valence-corrected chi connectivity index (χ3v) is 3.78. The molecule has 2 aliphatic heterocycles. The summed E-state index contributed by atoms with van der Waals surface area (Å²) in [5, 5.41) is 11.4. The predicted molar refractivity (Wildman–Crippen MR) is 62.5 cm³/mol. The minimum Gasteiger partial charge on any atom is -0.379 e. The lowest BCUT2D eigenvalue weighted by atomic mass is 10.0. The van der Waals surface area contributed by atoms with Crippen molar-refractivity contribution in [1.82, 2.24) is 25.0 Å². The number of fused-ring (bicyclic) bond motifs is 1. The van der Waals surface area contributed by atoms with Crippen molar-refractivity contribution in [3.8, 4) is 0 Å². The summed E-state index contributed by atoms with van der Waals surface area (Å²) in [5.74, 6) is 1.67. The molecule has 1 saturated heterocycles. The van der Waals surface area contributed by atoms with Crippen molar-refractivity contribution in [1.29, 1.82) is 0 Å². The van der Waals surface area contributed by atoms with Gasteiger partial charge in [-0.15, -0.1) is 10.2 Å². The molecule has 1 aromatic heterocycles. The molecule has 17 heavy (non-hydrogen) atoms. The average molecular weight is 237 g/mol. The molecule has 94 valence electrons. The number of nitrogens with one attached hydrogen (secondary N) is 1.